The molecule has 4 heterocycles. The fourth-order valence-electron chi connectivity index (χ4n) is 4.41. The number of hydrogen-bond donors (Lipinski definition) is 3. The summed E-state index contributed by atoms with van der Waals surface area (Å²) >= 11 is 7.64. The van der Waals surface area contributed by atoms with E-state index in [-0.39, 0.29) is 23.2 Å². The molecule has 3 aliphatic rings. The molecule has 34 heavy (non-hydrogen) atoms. The third-order valence-electron chi connectivity index (χ3n) is 5.95. The molecule has 2 saturated heterocycles. The molecule has 2 aromatic rings. The largest absolute Gasteiger partial charge is 0.478 e. The lowest BCUT2D eigenvalue weighted by molar-refractivity contribution is -0.133. The van der Waals surface area contributed by atoms with E-state index in [9.17, 15) is 22.7 Å². The fraction of sp³-hybridized carbons (Fsp3) is 0.350. The molecule has 2 atom stereocenters. The van der Waals surface area contributed by atoms with Crippen LogP contribution in [0, 0.1) is 5.82 Å². The minimum Gasteiger partial charge on any atom is -0.478 e. The Morgan fingerprint density at radius 2 is 2.18 bits per heavy atom. The van der Waals surface area contributed by atoms with Gasteiger partial charge in [0, 0.05) is 60.6 Å². The number of rotatable bonds is 5. The molecule has 1 unspecified atom stereocenters. The number of thiazole rings is 1. The van der Waals surface area contributed by atoms with Gasteiger partial charge in [0.05, 0.1) is 11.6 Å². The summed E-state index contributed by atoms with van der Waals surface area (Å²) in [6.07, 6.45) is 1.62. The van der Waals surface area contributed by atoms with Gasteiger partial charge in [-0.25, -0.2) is 18.9 Å². The number of carboxylic acids is 1. The lowest BCUT2D eigenvalue weighted by Crippen LogP contribution is -2.53. The second kappa shape index (κ2) is 8.98. The summed E-state index contributed by atoms with van der Waals surface area (Å²) in [6, 6.07) is 2.57. The summed E-state index contributed by atoms with van der Waals surface area (Å²) < 4.78 is 41.9. The van der Waals surface area contributed by atoms with Crippen LogP contribution in [0.25, 0.3) is 0 Å². The molecule has 1 aromatic heterocycles. The highest BCUT2D eigenvalue weighted by molar-refractivity contribution is 7.87. The first-order valence-corrected chi connectivity index (χ1v) is 13.1. The summed E-state index contributed by atoms with van der Waals surface area (Å²) in [5.41, 5.74) is 0.762. The average Bonchev–Trinajstić information content (AvgIpc) is 3.41. The van der Waals surface area contributed by atoms with E-state index in [2.05, 4.69) is 20.0 Å². The lowest BCUT2D eigenvalue weighted by Gasteiger charge is -2.37. The van der Waals surface area contributed by atoms with Crippen LogP contribution >= 0.6 is 22.9 Å². The van der Waals surface area contributed by atoms with Gasteiger partial charge in [-0.1, -0.05) is 17.7 Å². The third kappa shape index (κ3) is 4.34. The highest BCUT2D eigenvalue weighted by Crippen LogP contribution is 2.36. The van der Waals surface area contributed by atoms with Gasteiger partial charge >= 0.3 is 5.97 Å². The lowest BCUT2D eigenvalue weighted by atomic mass is 9.95. The number of aliphatic imine (C=N–C) groups is 1. The molecule has 0 saturated carbocycles. The SMILES string of the molecule is O=C(O)C1=C(CN2CCN3C(CNS3(=O)=O)C2)NC(c2nccs2)=N[C@H]1c1ccc(F)cc1Cl. The van der Waals surface area contributed by atoms with E-state index in [1.807, 2.05) is 4.90 Å². The number of nitrogens with zero attached hydrogens (tertiary/aromatic N) is 4. The number of piperazine rings is 1. The molecule has 180 valence electrons. The van der Waals surface area contributed by atoms with Crippen molar-refractivity contribution in [2.24, 2.45) is 4.99 Å². The van der Waals surface area contributed by atoms with Crippen LogP contribution in [-0.2, 0) is 15.0 Å². The summed E-state index contributed by atoms with van der Waals surface area (Å²) in [5, 5.41) is 15.7. The van der Waals surface area contributed by atoms with Crippen LogP contribution in [-0.4, -0.2) is 78.3 Å². The molecule has 0 aliphatic carbocycles. The topological polar surface area (TPSA) is 127 Å². The molecule has 0 radical (unpaired) electrons. The predicted molar refractivity (Wildman–Crippen MR) is 124 cm³/mol. The van der Waals surface area contributed by atoms with Crippen LogP contribution in [0.1, 0.15) is 16.6 Å². The zero-order valence-corrected chi connectivity index (χ0v) is 20.0. The Morgan fingerprint density at radius 1 is 1.35 bits per heavy atom. The molecule has 3 N–H and O–H groups in total. The van der Waals surface area contributed by atoms with Crippen LogP contribution in [0.2, 0.25) is 5.02 Å². The van der Waals surface area contributed by atoms with Gasteiger partial charge < -0.3 is 10.4 Å². The van der Waals surface area contributed by atoms with E-state index in [1.54, 1.807) is 11.6 Å². The van der Waals surface area contributed by atoms with Crippen LogP contribution in [0.15, 0.2) is 46.0 Å². The van der Waals surface area contributed by atoms with Gasteiger partial charge in [-0.15, -0.1) is 11.3 Å². The monoisotopic (exact) mass is 526 g/mol. The molecular weight excluding hydrogens is 507 g/mol. The second-order valence-corrected chi connectivity index (χ2v) is 11.1. The molecule has 14 heteroatoms. The molecule has 1 aromatic carbocycles. The van der Waals surface area contributed by atoms with Gasteiger partial charge in [-0.2, -0.15) is 12.7 Å². The summed E-state index contributed by atoms with van der Waals surface area (Å²) in [7, 11) is -3.46. The Kier molecular flexibility index (Phi) is 6.16. The van der Waals surface area contributed by atoms with E-state index in [0.29, 0.717) is 48.3 Å². The van der Waals surface area contributed by atoms with Crippen molar-refractivity contribution in [3.8, 4) is 0 Å². The first-order valence-electron chi connectivity index (χ1n) is 10.4. The fourth-order valence-corrected chi connectivity index (χ4v) is 6.69. The Hall–Kier alpha value is -2.42. The number of fused-ring (bicyclic) bond motifs is 1. The Morgan fingerprint density at radius 3 is 2.88 bits per heavy atom. The number of nitrogens with one attached hydrogen (secondary N) is 2. The van der Waals surface area contributed by atoms with Crippen LogP contribution in [0.5, 0.6) is 0 Å². The maximum Gasteiger partial charge on any atom is 0.335 e. The van der Waals surface area contributed by atoms with Gasteiger partial charge in [0.1, 0.15) is 11.9 Å². The van der Waals surface area contributed by atoms with E-state index in [4.69, 9.17) is 11.6 Å². The van der Waals surface area contributed by atoms with E-state index >= 15 is 0 Å². The van der Waals surface area contributed by atoms with Crippen LogP contribution < -0.4 is 10.0 Å². The first kappa shape index (κ1) is 23.3. The number of amidine groups is 1. The highest BCUT2D eigenvalue weighted by atomic mass is 35.5. The van der Waals surface area contributed by atoms with Crippen molar-refractivity contribution >= 4 is 45.0 Å². The molecule has 5 rings (SSSR count). The Balaban J connectivity index is 1.51. The van der Waals surface area contributed by atoms with Gasteiger partial charge in [-0.3, -0.25) is 9.89 Å². The number of halogens is 2. The van der Waals surface area contributed by atoms with E-state index in [1.165, 1.54) is 27.8 Å². The van der Waals surface area contributed by atoms with Gasteiger partial charge in [0.15, 0.2) is 10.8 Å². The van der Waals surface area contributed by atoms with Crippen molar-refractivity contribution in [2.75, 3.05) is 32.7 Å². The quantitative estimate of drug-likeness (QED) is 0.534. The third-order valence-corrected chi connectivity index (χ3v) is 8.69. The zero-order chi connectivity index (χ0) is 24.0. The summed E-state index contributed by atoms with van der Waals surface area (Å²) in [4.78, 5) is 23.3. The molecule has 0 spiro atoms. The number of benzene rings is 1. The van der Waals surface area contributed by atoms with Crippen molar-refractivity contribution < 1.29 is 22.7 Å². The summed E-state index contributed by atoms with van der Waals surface area (Å²) in [6.45, 7) is 1.70. The molecule has 0 amide bonds. The van der Waals surface area contributed by atoms with E-state index < -0.39 is 28.0 Å². The number of aromatic nitrogens is 1. The van der Waals surface area contributed by atoms with Crippen molar-refractivity contribution in [1.29, 1.82) is 0 Å². The van der Waals surface area contributed by atoms with Crippen molar-refractivity contribution in [3.63, 3.8) is 0 Å². The number of carbonyl (C=O) groups is 1. The van der Waals surface area contributed by atoms with Gasteiger partial charge in [0.25, 0.3) is 10.2 Å². The Labute approximate surface area is 203 Å². The maximum absolute atomic E-state index is 13.7. The van der Waals surface area contributed by atoms with E-state index in [0.717, 1.165) is 6.07 Å². The molecule has 2 fully saturated rings. The van der Waals surface area contributed by atoms with Crippen LogP contribution in [0.4, 0.5) is 4.39 Å². The molecule has 10 nitrogen and oxygen atoms in total. The minimum atomic E-state index is -3.46. The van der Waals surface area contributed by atoms with Crippen molar-refractivity contribution in [2.45, 2.75) is 12.1 Å². The number of hydrogen-bond acceptors (Lipinski definition) is 8. The number of carboxylic acid groups (broad SMARTS) is 1. The second-order valence-electron chi connectivity index (χ2n) is 8.06. The number of aliphatic carboxylic acids is 1. The first-order chi connectivity index (χ1) is 16.2. The summed E-state index contributed by atoms with van der Waals surface area (Å²) in [5.74, 6) is -1.33. The molecular formula is C20H20ClFN6O4S2. The molecule has 3 aliphatic heterocycles. The van der Waals surface area contributed by atoms with Gasteiger partial charge in [0.2, 0.25) is 0 Å². The maximum atomic E-state index is 13.7. The Bertz CT molecular complexity index is 1300. The normalized spacial score (nSPS) is 25.1. The predicted octanol–water partition coefficient (Wildman–Crippen LogP) is 1.20. The van der Waals surface area contributed by atoms with Crippen molar-refractivity contribution in [3.05, 3.63) is 62.5 Å². The standard InChI is InChI=1S/C20H20ClFN6O4S2/c21-14-7-11(22)1-2-13(14)17-16(20(29)30)15(25-18(26-17)19-23-3-6-33-19)10-27-4-5-28-12(9-27)8-24-34(28,31)32/h1-3,6-7,12,17,24H,4-5,8-10H2,(H,25,26)(H,29,30)/t12?,17-/m0/s1. The molecule has 0 bridgehead atoms. The van der Waals surface area contributed by atoms with Gasteiger partial charge in [-0.05, 0) is 12.1 Å². The van der Waals surface area contributed by atoms with Crippen LogP contribution in [0.3, 0.4) is 0 Å². The minimum absolute atomic E-state index is 0.00610. The zero-order valence-electron chi connectivity index (χ0n) is 17.6. The smallest absolute Gasteiger partial charge is 0.335 e. The van der Waals surface area contributed by atoms with Crippen molar-refractivity contribution in [1.82, 2.24) is 24.2 Å². The average molecular weight is 527 g/mol. The highest BCUT2D eigenvalue weighted by Gasteiger charge is 2.41.